The van der Waals surface area contributed by atoms with Gasteiger partial charge in [-0.1, -0.05) is 44.4 Å². The Morgan fingerprint density at radius 1 is 1.26 bits per heavy atom. The summed E-state index contributed by atoms with van der Waals surface area (Å²) in [6, 6.07) is 6.98. The second-order valence-corrected chi connectivity index (χ2v) is 5.87. The quantitative estimate of drug-likeness (QED) is 0.849. The molecule has 0 saturated carbocycles. The third-order valence-corrected chi connectivity index (χ3v) is 4.20. The summed E-state index contributed by atoms with van der Waals surface area (Å²) in [4.78, 5) is 0. The zero-order valence-electron chi connectivity index (χ0n) is 12.8. The summed E-state index contributed by atoms with van der Waals surface area (Å²) in [5.74, 6) is 1.08. The Kier molecular flexibility index (Phi) is 4.51. The van der Waals surface area contributed by atoms with Gasteiger partial charge >= 0.3 is 0 Å². The minimum absolute atomic E-state index is 0.0272. The standard InChI is InChI=1S/C17H27NO/c1-5-9-17(10-6-2)12-15(18-4)14-11-13(3)7-8-16(14)19-17/h7-8,11,15,18H,5-6,9-10,12H2,1-4H3. The van der Waals surface area contributed by atoms with Gasteiger partial charge in [-0.05, 0) is 32.9 Å². The Labute approximate surface area is 117 Å². The maximum absolute atomic E-state index is 6.45. The van der Waals surface area contributed by atoms with Crippen molar-refractivity contribution in [2.75, 3.05) is 7.05 Å². The van der Waals surface area contributed by atoms with Gasteiger partial charge in [0.1, 0.15) is 11.4 Å². The molecule has 0 spiro atoms. The molecule has 19 heavy (non-hydrogen) atoms. The monoisotopic (exact) mass is 261 g/mol. The van der Waals surface area contributed by atoms with Gasteiger partial charge in [0.25, 0.3) is 0 Å². The van der Waals surface area contributed by atoms with E-state index in [2.05, 4.69) is 51.3 Å². The van der Waals surface area contributed by atoms with Crippen molar-refractivity contribution in [3.05, 3.63) is 29.3 Å². The molecule has 2 nitrogen and oxygen atoms in total. The molecule has 1 aliphatic rings. The van der Waals surface area contributed by atoms with Crippen LogP contribution >= 0.6 is 0 Å². The lowest BCUT2D eigenvalue weighted by Gasteiger charge is -2.42. The van der Waals surface area contributed by atoms with Crippen LogP contribution in [0.3, 0.4) is 0 Å². The second kappa shape index (κ2) is 5.96. The van der Waals surface area contributed by atoms with Gasteiger partial charge in [0.2, 0.25) is 0 Å². The molecule has 1 aromatic carbocycles. The summed E-state index contributed by atoms with van der Waals surface area (Å²) in [5, 5.41) is 3.48. The number of rotatable bonds is 5. The average molecular weight is 261 g/mol. The SMILES string of the molecule is CCCC1(CCC)CC(NC)c2cc(C)ccc2O1. The molecular weight excluding hydrogens is 234 g/mol. The molecule has 0 fully saturated rings. The van der Waals surface area contributed by atoms with Gasteiger partial charge in [0.05, 0.1) is 0 Å². The van der Waals surface area contributed by atoms with E-state index in [4.69, 9.17) is 4.74 Å². The van der Waals surface area contributed by atoms with Crippen molar-refractivity contribution in [1.82, 2.24) is 5.32 Å². The molecule has 0 amide bonds. The lowest BCUT2D eigenvalue weighted by molar-refractivity contribution is 0.0138. The van der Waals surface area contributed by atoms with Gasteiger partial charge in [-0.25, -0.2) is 0 Å². The molecule has 0 radical (unpaired) electrons. The Balaban J connectivity index is 2.36. The lowest BCUT2D eigenvalue weighted by Crippen LogP contribution is -2.43. The third-order valence-electron chi connectivity index (χ3n) is 4.20. The number of nitrogens with one attached hydrogen (secondary N) is 1. The van der Waals surface area contributed by atoms with E-state index in [1.807, 2.05) is 0 Å². The highest BCUT2D eigenvalue weighted by Gasteiger charge is 2.39. The van der Waals surface area contributed by atoms with E-state index < -0.39 is 0 Å². The predicted molar refractivity (Wildman–Crippen MR) is 80.8 cm³/mol. The first-order valence-corrected chi connectivity index (χ1v) is 7.61. The average Bonchev–Trinajstić information content (AvgIpc) is 2.39. The molecule has 0 saturated heterocycles. The Morgan fingerprint density at radius 3 is 2.53 bits per heavy atom. The fraction of sp³-hybridized carbons (Fsp3) is 0.647. The van der Waals surface area contributed by atoms with E-state index in [1.165, 1.54) is 24.0 Å². The van der Waals surface area contributed by atoms with Crippen LogP contribution < -0.4 is 10.1 Å². The van der Waals surface area contributed by atoms with Crippen molar-refractivity contribution >= 4 is 0 Å². The van der Waals surface area contributed by atoms with Crippen LogP contribution in [0.1, 0.15) is 63.1 Å². The van der Waals surface area contributed by atoms with E-state index in [-0.39, 0.29) is 5.60 Å². The summed E-state index contributed by atoms with van der Waals surface area (Å²) >= 11 is 0. The molecule has 0 aliphatic carbocycles. The molecule has 0 aromatic heterocycles. The fourth-order valence-corrected chi connectivity index (χ4v) is 3.39. The van der Waals surface area contributed by atoms with Crippen molar-refractivity contribution in [1.29, 1.82) is 0 Å². The van der Waals surface area contributed by atoms with Crippen LogP contribution in [0, 0.1) is 6.92 Å². The Bertz CT molecular complexity index is 421. The molecule has 106 valence electrons. The van der Waals surface area contributed by atoms with Gasteiger partial charge in [-0.3, -0.25) is 0 Å². The number of aryl methyl sites for hydroxylation is 1. The molecule has 2 rings (SSSR count). The van der Waals surface area contributed by atoms with Crippen molar-refractivity contribution in [2.45, 2.75) is 64.5 Å². The molecule has 1 unspecified atom stereocenters. The third kappa shape index (κ3) is 2.94. The van der Waals surface area contributed by atoms with E-state index in [9.17, 15) is 0 Å². The minimum Gasteiger partial charge on any atom is -0.487 e. The molecule has 2 heteroatoms. The van der Waals surface area contributed by atoms with Crippen molar-refractivity contribution in [2.24, 2.45) is 0 Å². The van der Waals surface area contributed by atoms with E-state index in [1.54, 1.807) is 0 Å². The normalized spacial score (nSPS) is 20.7. The van der Waals surface area contributed by atoms with Crippen LogP contribution in [0.25, 0.3) is 0 Å². The summed E-state index contributed by atoms with van der Waals surface area (Å²) in [6.45, 7) is 6.65. The van der Waals surface area contributed by atoms with E-state index >= 15 is 0 Å². The van der Waals surface area contributed by atoms with Crippen LogP contribution in [0.4, 0.5) is 0 Å². The van der Waals surface area contributed by atoms with E-state index in [0.29, 0.717) is 6.04 Å². The van der Waals surface area contributed by atoms with Crippen LogP contribution in [0.5, 0.6) is 5.75 Å². The van der Waals surface area contributed by atoms with Gasteiger partial charge in [0.15, 0.2) is 0 Å². The van der Waals surface area contributed by atoms with Crippen LogP contribution in [-0.2, 0) is 0 Å². The predicted octanol–water partition coefficient (Wildman–Crippen LogP) is 4.38. The second-order valence-electron chi connectivity index (χ2n) is 5.87. The van der Waals surface area contributed by atoms with Crippen LogP contribution in [0.2, 0.25) is 0 Å². The van der Waals surface area contributed by atoms with Gasteiger partial charge in [-0.15, -0.1) is 0 Å². The number of benzene rings is 1. The zero-order chi connectivity index (χ0) is 13.9. The van der Waals surface area contributed by atoms with Crippen molar-refractivity contribution < 1.29 is 4.74 Å². The van der Waals surface area contributed by atoms with Gasteiger partial charge in [0, 0.05) is 18.0 Å². The topological polar surface area (TPSA) is 21.3 Å². The highest BCUT2D eigenvalue weighted by atomic mass is 16.5. The van der Waals surface area contributed by atoms with E-state index in [0.717, 1.165) is 25.0 Å². The molecule has 1 heterocycles. The molecule has 1 N–H and O–H groups in total. The number of hydrogen-bond acceptors (Lipinski definition) is 2. The van der Waals surface area contributed by atoms with Crippen LogP contribution in [0.15, 0.2) is 18.2 Å². The maximum Gasteiger partial charge on any atom is 0.124 e. The number of hydrogen-bond donors (Lipinski definition) is 1. The van der Waals surface area contributed by atoms with Gasteiger partial charge < -0.3 is 10.1 Å². The van der Waals surface area contributed by atoms with Crippen molar-refractivity contribution in [3.8, 4) is 5.75 Å². The summed E-state index contributed by atoms with van der Waals surface area (Å²) < 4.78 is 6.45. The Hall–Kier alpha value is -1.02. The first-order valence-electron chi connectivity index (χ1n) is 7.61. The van der Waals surface area contributed by atoms with Crippen LogP contribution in [-0.4, -0.2) is 12.6 Å². The van der Waals surface area contributed by atoms with Crippen molar-refractivity contribution in [3.63, 3.8) is 0 Å². The highest BCUT2D eigenvalue weighted by molar-refractivity contribution is 5.41. The molecular formula is C17H27NO. The lowest BCUT2D eigenvalue weighted by atomic mass is 9.81. The molecule has 1 aromatic rings. The molecule has 1 atom stereocenters. The Morgan fingerprint density at radius 2 is 1.95 bits per heavy atom. The number of ether oxygens (including phenoxy) is 1. The molecule has 0 bridgehead atoms. The van der Waals surface area contributed by atoms with Gasteiger partial charge in [-0.2, -0.15) is 0 Å². The summed E-state index contributed by atoms with van der Waals surface area (Å²) in [5.41, 5.74) is 2.66. The fourth-order valence-electron chi connectivity index (χ4n) is 3.39. The largest absolute Gasteiger partial charge is 0.487 e. The number of fused-ring (bicyclic) bond motifs is 1. The minimum atomic E-state index is 0.0272. The zero-order valence-corrected chi connectivity index (χ0v) is 12.8. The first kappa shape index (κ1) is 14.4. The molecule has 1 aliphatic heterocycles. The highest BCUT2D eigenvalue weighted by Crippen LogP contribution is 2.43. The smallest absolute Gasteiger partial charge is 0.124 e. The first-order chi connectivity index (χ1) is 9.14. The maximum atomic E-state index is 6.45. The summed E-state index contributed by atoms with van der Waals surface area (Å²) in [6.07, 6.45) is 5.73. The summed E-state index contributed by atoms with van der Waals surface area (Å²) in [7, 11) is 2.06.